The van der Waals surface area contributed by atoms with Crippen molar-refractivity contribution in [1.82, 2.24) is 20.0 Å². The number of aromatic nitrogens is 3. The molecule has 4 rings (SSSR count). The Morgan fingerprint density at radius 3 is 2.62 bits per heavy atom. The highest BCUT2D eigenvalue weighted by atomic mass is 16.5. The summed E-state index contributed by atoms with van der Waals surface area (Å²) in [7, 11) is 0. The van der Waals surface area contributed by atoms with Crippen LogP contribution in [0.15, 0.2) is 29.0 Å². The van der Waals surface area contributed by atoms with Crippen molar-refractivity contribution in [3.63, 3.8) is 0 Å². The fourth-order valence-corrected chi connectivity index (χ4v) is 3.32. The number of likely N-dealkylation sites (tertiary alicyclic amines) is 1. The first kappa shape index (κ1) is 15.3. The minimum atomic E-state index is 0.0603. The molecule has 126 valence electrons. The van der Waals surface area contributed by atoms with E-state index in [4.69, 9.17) is 9.26 Å². The number of pyridine rings is 1. The van der Waals surface area contributed by atoms with Gasteiger partial charge in [-0.25, -0.2) is 0 Å². The van der Waals surface area contributed by atoms with Gasteiger partial charge in [0.15, 0.2) is 5.82 Å². The maximum atomic E-state index is 12.5. The van der Waals surface area contributed by atoms with Crippen molar-refractivity contribution in [3.05, 3.63) is 41.8 Å². The molecule has 2 saturated heterocycles. The van der Waals surface area contributed by atoms with Crippen LogP contribution in [0.1, 0.15) is 53.2 Å². The number of rotatable bonds is 3. The molecule has 24 heavy (non-hydrogen) atoms. The van der Waals surface area contributed by atoms with E-state index in [0.29, 0.717) is 31.2 Å². The minimum Gasteiger partial charge on any atom is -0.381 e. The molecule has 4 heterocycles. The third-order valence-corrected chi connectivity index (χ3v) is 4.81. The van der Waals surface area contributed by atoms with E-state index >= 15 is 0 Å². The summed E-state index contributed by atoms with van der Waals surface area (Å²) in [6, 6.07) is 3.50. The third-order valence-electron chi connectivity index (χ3n) is 4.81. The maximum Gasteiger partial charge on any atom is 0.253 e. The quantitative estimate of drug-likeness (QED) is 0.857. The fraction of sp³-hybridized carbons (Fsp3) is 0.529. The van der Waals surface area contributed by atoms with Gasteiger partial charge in [-0.1, -0.05) is 5.16 Å². The first-order chi connectivity index (χ1) is 11.8. The Labute approximate surface area is 140 Å². The lowest BCUT2D eigenvalue weighted by Crippen LogP contribution is -2.38. The van der Waals surface area contributed by atoms with Crippen LogP contribution >= 0.6 is 0 Å². The molecule has 0 radical (unpaired) electrons. The summed E-state index contributed by atoms with van der Waals surface area (Å²) in [5.41, 5.74) is 0.685. The van der Waals surface area contributed by atoms with Crippen LogP contribution in [0.5, 0.6) is 0 Å². The zero-order valence-electron chi connectivity index (χ0n) is 13.4. The van der Waals surface area contributed by atoms with Gasteiger partial charge >= 0.3 is 0 Å². The number of carbonyl (C=O) groups excluding carboxylic acids is 1. The molecule has 1 atom stereocenters. The van der Waals surface area contributed by atoms with Crippen LogP contribution in [0.25, 0.3) is 0 Å². The van der Waals surface area contributed by atoms with E-state index < -0.39 is 0 Å². The van der Waals surface area contributed by atoms with E-state index in [1.165, 1.54) is 0 Å². The predicted octanol–water partition coefficient (Wildman–Crippen LogP) is 1.99. The van der Waals surface area contributed by atoms with Crippen LogP contribution in [0.4, 0.5) is 0 Å². The lowest BCUT2D eigenvalue weighted by molar-refractivity contribution is 0.0704. The second-order valence-electron chi connectivity index (χ2n) is 6.35. The topological polar surface area (TPSA) is 81.4 Å². The van der Waals surface area contributed by atoms with E-state index in [9.17, 15) is 4.79 Å². The standard InChI is InChI=1S/C17H20N4O3/c22-17(13-1-6-18-7-2-13)21-8-3-12(4-9-21)16-19-15(20-24-16)14-5-10-23-11-14/h1-2,6-7,12,14H,3-5,8-11H2/t14-/m0/s1. The molecule has 7 nitrogen and oxygen atoms in total. The highest BCUT2D eigenvalue weighted by Gasteiger charge is 2.30. The molecule has 0 spiro atoms. The molecule has 2 aliphatic rings. The molecule has 0 saturated carbocycles. The van der Waals surface area contributed by atoms with Gasteiger partial charge in [0.25, 0.3) is 5.91 Å². The molecule has 2 fully saturated rings. The summed E-state index contributed by atoms with van der Waals surface area (Å²) in [6.45, 7) is 2.86. The van der Waals surface area contributed by atoms with Gasteiger partial charge in [-0.3, -0.25) is 9.78 Å². The van der Waals surface area contributed by atoms with Gasteiger partial charge in [0, 0.05) is 49.5 Å². The Hall–Kier alpha value is -2.28. The smallest absolute Gasteiger partial charge is 0.253 e. The highest BCUT2D eigenvalue weighted by Crippen LogP contribution is 2.30. The van der Waals surface area contributed by atoms with E-state index in [0.717, 1.165) is 31.7 Å². The van der Waals surface area contributed by atoms with Crippen molar-refractivity contribution >= 4 is 5.91 Å². The second-order valence-corrected chi connectivity index (χ2v) is 6.35. The second kappa shape index (κ2) is 6.68. The van der Waals surface area contributed by atoms with Crippen molar-refractivity contribution in [2.45, 2.75) is 31.1 Å². The summed E-state index contributed by atoms with van der Waals surface area (Å²) in [5, 5.41) is 4.12. The monoisotopic (exact) mass is 328 g/mol. The van der Waals surface area contributed by atoms with Gasteiger partial charge in [-0.05, 0) is 31.4 Å². The largest absolute Gasteiger partial charge is 0.381 e. The van der Waals surface area contributed by atoms with Crippen molar-refractivity contribution in [3.8, 4) is 0 Å². The van der Waals surface area contributed by atoms with Crippen LogP contribution in [0.3, 0.4) is 0 Å². The maximum absolute atomic E-state index is 12.5. The van der Waals surface area contributed by atoms with E-state index in [1.54, 1.807) is 24.5 Å². The summed E-state index contributed by atoms with van der Waals surface area (Å²) >= 11 is 0. The molecule has 1 amide bonds. The summed E-state index contributed by atoms with van der Waals surface area (Å²) in [5.74, 6) is 2.02. The SMILES string of the molecule is O=C(c1ccncc1)N1CCC(c2nc([C@H]3CCOC3)no2)CC1. The highest BCUT2D eigenvalue weighted by molar-refractivity contribution is 5.94. The molecular weight excluding hydrogens is 308 g/mol. The number of ether oxygens (including phenoxy) is 1. The lowest BCUT2D eigenvalue weighted by Gasteiger charge is -2.30. The van der Waals surface area contributed by atoms with Gasteiger partial charge < -0.3 is 14.2 Å². The average Bonchev–Trinajstić information content (AvgIpc) is 3.33. The van der Waals surface area contributed by atoms with Gasteiger partial charge in [-0.2, -0.15) is 4.98 Å². The Balaban J connectivity index is 1.37. The Kier molecular flexibility index (Phi) is 4.25. The number of nitrogens with zero attached hydrogens (tertiary/aromatic N) is 4. The van der Waals surface area contributed by atoms with Crippen LogP contribution < -0.4 is 0 Å². The number of hydrogen-bond acceptors (Lipinski definition) is 6. The van der Waals surface area contributed by atoms with Crippen LogP contribution in [0.2, 0.25) is 0 Å². The molecular formula is C17H20N4O3. The summed E-state index contributed by atoms with van der Waals surface area (Å²) in [4.78, 5) is 22.9. The molecule has 2 aromatic heterocycles. The summed E-state index contributed by atoms with van der Waals surface area (Å²) < 4.78 is 10.8. The van der Waals surface area contributed by atoms with Crippen molar-refractivity contribution in [1.29, 1.82) is 0 Å². The molecule has 0 aromatic carbocycles. The molecule has 7 heteroatoms. The van der Waals surface area contributed by atoms with Crippen LogP contribution in [-0.4, -0.2) is 52.2 Å². The molecule has 2 aliphatic heterocycles. The van der Waals surface area contributed by atoms with E-state index in [-0.39, 0.29) is 17.7 Å². The normalized spacial score (nSPS) is 22.0. The minimum absolute atomic E-state index is 0.0603. The predicted molar refractivity (Wildman–Crippen MR) is 84.6 cm³/mol. The number of amides is 1. The number of piperidine rings is 1. The lowest BCUT2D eigenvalue weighted by atomic mass is 9.96. The number of carbonyl (C=O) groups is 1. The first-order valence-corrected chi connectivity index (χ1v) is 8.42. The third kappa shape index (κ3) is 3.03. The fourth-order valence-electron chi connectivity index (χ4n) is 3.32. The Bertz CT molecular complexity index is 689. The number of hydrogen-bond donors (Lipinski definition) is 0. The van der Waals surface area contributed by atoms with Crippen molar-refractivity contribution in [2.24, 2.45) is 0 Å². The molecule has 0 unspecified atom stereocenters. The molecule has 2 aromatic rings. The zero-order chi connectivity index (χ0) is 16.4. The first-order valence-electron chi connectivity index (χ1n) is 8.42. The van der Waals surface area contributed by atoms with Gasteiger partial charge in [0.1, 0.15) is 0 Å². The average molecular weight is 328 g/mol. The summed E-state index contributed by atoms with van der Waals surface area (Å²) in [6.07, 6.45) is 5.94. The Morgan fingerprint density at radius 2 is 1.92 bits per heavy atom. The van der Waals surface area contributed by atoms with Crippen LogP contribution in [0, 0.1) is 0 Å². The Morgan fingerprint density at radius 1 is 1.12 bits per heavy atom. The van der Waals surface area contributed by atoms with Gasteiger partial charge in [0.05, 0.1) is 6.61 Å². The van der Waals surface area contributed by atoms with Crippen molar-refractivity contribution < 1.29 is 14.1 Å². The molecule has 0 bridgehead atoms. The van der Waals surface area contributed by atoms with E-state index in [1.807, 2.05) is 4.90 Å². The van der Waals surface area contributed by atoms with Gasteiger partial charge in [-0.15, -0.1) is 0 Å². The van der Waals surface area contributed by atoms with Crippen LogP contribution in [-0.2, 0) is 4.74 Å². The molecule has 0 N–H and O–H groups in total. The van der Waals surface area contributed by atoms with Gasteiger partial charge in [0.2, 0.25) is 5.89 Å². The van der Waals surface area contributed by atoms with Crippen molar-refractivity contribution in [2.75, 3.05) is 26.3 Å². The zero-order valence-corrected chi connectivity index (χ0v) is 13.4. The molecule has 0 aliphatic carbocycles. The van der Waals surface area contributed by atoms with E-state index in [2.05, 4.69) is 15.1 Å².